The molecule has 3 rings (SSSR count). The topological polar surface area (TPSA) is 21.3 Å². The predicted molar refractivity (Wildman–Crippen MR) is 104 cm³/mol. The number of anilines is 1. The molecule has 2 aromatic rings. The van der Waals surface area contributed by atoms with E-state index in [2.05, 4.69) is 45.2 Å². The lowest BCUT2D eigenvalue weighted by atomic mass is 9.83. The number of ether oxygens (including phenoxy) is 1. The molecule has 0 spiro atoms. The van der Waals surface area contributed by atoms with Crippen molar-refractivity contribution in [3.05, 3.63) is 52.8 Å². The number of rotatable bonds is 3. The molecule has 0 amide bonds. The maximum atomic E-state index is 13.6. The van der Waals surface area contributed by atoms with E-state index in [0.717, 1.165) is 33.5 Å². The van der Waals surface area contributed by atoms with Gasteiger partial charge < -0.3 is 10.1 Å². The summed E-state index contributed by atoms with van der Waals surface area (Å²) in [5.41, 5.74) is 7.29. The third-order valence-electron chi connectivity index (χ3n) is 4.62. The fraction of sp³-hybridized carbons (Fsp3) is 0.333. The lowest BCUT2D eigenvalue weighted by Crippen LogP contribution is -2.32. The second-order valence-electron chi connectivity index (χ2n) is 7.12. The number of halogens is 2. The van der Waals surface area contributed by atoms with E-state index >= 15 is 0 Å². The van der Waals surface area contributed by atoms with Crippen LogP contribution in [0.15, 0.2) is 30.3 Å². The number of alkyl halides is 1. The molecule has 1 N–H and O–H groups in total. The summed E-state index contributed by atoms with van der Waals surface area (Å²) >= 11 is 6.38. The van der Waals surface area contributed by atoms with Crippen molar-refractivity contribution in [3.8, 4) is 16.9 Å². The van der Waals surface area contributed by atoms with E-state index in [1.807, 2.05) is 0 Å². The van der Waals surface area contributed by atoms with Gasteiger partial charge in [-0.15, -0.1) is 11.6 Å². The van der Waals surface area contributed by atoms with Gasteiger partial charge in [0.15, 0.2) is 0 Å². The third kappa shape index (κ3) is 3.13. The SMILES string of the molecule is COc1cc(F)ccc1-c1c(C)cc2c(c1CCl)C(C)=CC(C)(C)N2. The van der Waals surface area contributed by atoms with Crippen LogP contribution in [0.4, 0.5) is 10.1 Å². The summed E-state index contributed by atoms with van der Waals surface area (Å²) in [5.74, 6) is 0.566. The molecule has 0 saturated carbocycles. The number of nitrogens with one attached hydrogen (secondary N) is 1. The van der Waals surface area contributed by atoms with Crippen LogP contribution in [0, 0.1) is 12.7 Å². The fourth-order valence-corrected chi connectivity index (χ4v) is 4.08. The van der Waals surface area contributed by atoms with Crippen molar-refractivity contribution < 1.29 is 9.13 Å². The summed E-state index contributed by atoms with van der Waals surface area (Å²) in [7, 11) is 1.56. The van der Waals surface area contributed by atoms with Crippen molar-refractivity contribution in [3.63, 3.8) is 0 Å². The predicted octanol–water partition coefficient (Wildman–Crippen LogP) is 6.16. The van der Waals surface area contributed by atoms with Crippen molar-refractivity contribution in [2.24, 2.45) is 0 Å². The Labute approximate surface area is 153 Å². The largest absolute Gasteiger partial charge is 0.496 e. The Balaban J connectivity index is 2.32. The molecule has 0 aliphatic carbocycles. The first-order chi connectivity index (χ1) is 11.8. The van der Waals surface area contributed by atoms with E-state index in [4.69, 9.17) is 16.3 Å². The first kappa shape index (κ1) is 17.8. The monoisotopic (exact) mass is 359 g/mol. The van der Waals surface area contributed by atoms with Crippen LogP contribution in [-0.2, 0) is 5.88 Å². The number of aryl methyl sites for hydroxylation is 1. The molecule has 0 saturated heterocycles. The van der Waals surface area contributed by atoms with Gasteiger partial charge >= 0.3 is 0 Å². The molecule has 0 radical (unpaired) electrons. The molecule has 1 aliphatic heterocycles. The van der Waals surface area contributed by atoms with Crippen LogP contribution in [0.1, 0.15) is 37.5 Å². The van der Waals surface area contributed by atoms with Gasteiger partial charge in [-0.1, -0.05) is 6.08 Å². The van der Waals surface area contributed by atoms with Crippen LogP contribution in [-0.4, -0.2) is 12.6 Å². The van der Waals surface area contributed by atoms with Gasteiger partial charge in [-0.3, -0.25) is 0 Å². The third-order valence-corrected chi connectivity index (χ3v) is 4.89. The second kappa shape index (κ2) is 6.38. The molecule has 4 heteroatoms. The molecule has 25 heavy (non-hydrogen) atoms. The zero-order chi connectivity index (χ0) is 18.4. The Bertz CT molecular complexity index is 871. The maximum Gasteiger partial charge on any atom is 0.129 e. The molecular formula is C21H23ClFNO. The quantitative estimate of drug-likeness (QED) is 0.663. The first-order valence-corrected chi connectivity index (χ1v) is 8.85. The molecule has 0 atom stereocenters. The molecule has 1 heterocycles. The van der Waals surface area contributed by atoms with Crippen LogP contribution in [0.2, 0.25) is 0 Å². The first-order valence-electron chi connectivity index (χ1n) is 8.31. The van der Waals surface area contributed by atoms with Crippen molar-refractivity contribution in [1.82, 2.24) is 0 Å². The minimum absolute atomic E-state index is 0.109. The van der Waals surface area contributed by atoms with Crippen molar-refractivity contribution in [2.75, 3.05) is 12.4 Å². The Morgan fingerprint density at radius 1 is 1.16 bits per heavy atom. The Kier molecular flexibility index (Phi) is 4.54. The van der Waals surface area contributed by atoms with Gasteiger partial charge in [0.2, 0.25) is 0 Å². The lowest BCUT2D eigenvalue weighted by Gasteiger charge is -2.34. The average molecular weight is 360 g/mol. The molecule has 0 bridgehead atoms. The highest BCUT2D eigenvalue weighted by Gasteiger charge is 2.27. The molecular weight excluding hydrogens is 337 g/mol. The van der Waals surface area contributed by atoms with Crippen LogP contribution in [0.5, 0.6) is 5.75 Å². The second-order valence-corrected chi connectivity index (χ2v) is 7.39. The van der Waals surface area contributed by atoms with Crippen LogP contribution < -0.4 is 10.1 Å². The van der Waals surface area contributed by atoms with Crippen molar-refractivity contribution >= 4 is 22.9 Å². The van der Waals surface area contributed by atoms with E-state index in [-0.39, 0.29) is 11.4 Å². The molecule has 2 aromatic carbocycles. The smallest absolute Gasteiger partial charge is 0.129 e. The number of allylic oxidation sites excluding steroid dienone is 1. The van der Waals surface area contributed by atoms with Crippen LogP contribution in [0.3, 0.4) is 0 Å². The zero-order valence-electron chi connectivity index (χ0n) is 15.3. The Morgan fingerprint density at radius 2 is 1.88 bits per heavy atom. The molecule has 0 aromatic heterocycles. The van der Waals surface area contributed by atoms with E-state index in [0.29, 0.717) is 11.6 Å². The molecule has 0 fully saturated rings. The summed E-state index contributed by atoms with van der Waals surface area (Å²) in [5, 5.41) is 3.57. The highest BCUT2D eigenvalue weighted by atomic mass is 35.5. The van der Waals surface area contributed by atoms with Gasteiger partial charge in [0.25, 0.3) is 0 Å². The summed E-state index contributed by atoms with van der Waals surface area (Å²) in [6.07, 6.45) is 2.21. The Morgan fingerprint density at radius 3 is 2.52 bits per heavy atom. The number of methoxy groups -OCH3 is 1. The highest BCUT2D eigenvalue weighted by Crippen LogP contribution is 2.44. The van der Waals surface area contributed by atoms with Gasteiger partial charge in [-0.25, -0.2) is 4.39 Å². The molecule has 2 nitrogen and oxygen atoms in total. The van der Waals surface area contributed by atoms with Gasteiger partial charge in [0.1, 0.15) is 11.6 Å². The summed E-state index contributed by atoms with van der Waals surface area (Å²) in [4.78, 5) is 0. The molecule has 1 aliphatic rings. The number of fused-ring (bicyclic) bond motifs is 1. The minimum atomic E-state index is -0.317. The maximum absolute atomic E-state index is 13.6. The van der Waals surface area contributed by atoms with Crippen LogP contribution >= 0.6 is 11.6 Å². The summed E-state index contributed by atoms with van der Waals surface area (Å²) in [6.45, 7) is 8.45. The zero-order valence-corrected chi connectivity index (χ0v) is 16.0. The van der Waals surface area contributed by atoms with Gasteiger partial charge in [-0.2, -0.15) is 0 Å². The van der Waals surface area contributed by atoms with Gasteiger partial charge in [0, 0.05) is 28.8 Å². The van der Waals surface area contributed by atoms with Gasteiger partial charge in [-0.05, 0) is 68.2 Å². The van der Waals surface area contributed by atoms with Crippen molar-refractivity contribution in [2.45, 2.75) is 39.1 Å². The standard InChI is InChI=1S/C21H23ClFNO/c1-12-8-17-20(13(2)10-21(3,4)24-17)16(11-22)19(12)15-7-6-14(23)9-18(15)25-5/h6-10,24H,11H2,1-5H3. The molecule has 132 valence electrons. The number of hydrogen-bond acceptors (Lipinski definition) is 2. The van der Waals surface area contributed by atoms with Gasteiger partial charge in [0.05, 0.1) is 12.6 Å². The minimum Gasteiger partial charge on any atom is -0.496 e. The summed E-state index contributed by atoms with van der Waals surface area (Å²) < 4.78 is 19.1. The highest BCUT2D eigenvalue weighted by molar-refractivity contribution is 6.18. The van der Waals surface area contributed by atoms with Crippen LogP contribution in [0.25, 0.3) is 16.7 Å². The number of benzene rings is 2. The molecule has 0 unspecified atom stereocenters. The van der Waals surface area contributed by atoms with E-state index in [1.165, 1.54) is 17.7 Å². The lowest BCUT2D eigenvalue weighted by molar-refractivity contribution is 0.413. The van der Waals surface area contributed by atoms with E-state index in [9.17, 15) is 4.39 Å². The van der Waals surface area contributed by atoms with E-state index < -0.39 is 0 Å². The fourth-order valence-electron chi connectivity index (χ4n) is 3.81. The average Bonchev–Trinajstić information content (AvgIpc) is 2.52. The Hall–Kier alpha value is -2.00. The summed E-state index contributed by atoms with van der Waals surface area (Å²) in [6, 6.07) is 6.77. The normalized spacial score (nSPS) is 15.2. The van der Waals surface area contributed by atoms with Crippen molar-refractivity contribution in [1.29, 1.82) is 0 Å². The van der Waals surface area contributed by atoms with E-state index in [1.54, 1.807) is 13.2 Å². The number of hydrogen-bond donors (Lipinski definition) is 1.